The summed E-state index contributed by atoms with van der Waals surface area (Å²) in [6.07, 6.45) is 3.79. The average molecular weight is 577 g/mol. The second kappa shape index (κ2) is 10.0. The van der Waals surface area contributed by atoms with Crippen LogP contribution >= 0.6 is 0 Å². The van der Waals surface area contributed by atoms with E-state index in [0.29, 0.717) is 28.9 Å². The first-order valence-electron chi connectivity index (χ1n) is 14.0. The summed E-state index contributed by atoms with van der Waals surface area (Å²) in [5, 5.41) is 17.2. The monoisotopic (exact) mass is 576 g/mol. The number of carbonyl (C=O) groups is 2. The number of aromatic nitrogens is 3. The molecule has 2 aromatic carbocycles. The van der Waals surface area contributed by atoms with Crippen molar-refractivity contribution >= 4 is 39.9 Å². The third kappa shape index (κ3) is 4.16. The van der Waals surface area contributed by atoms with Gasteiger partial charge in [0.1, 0.15) is 6.61 Å². The van der Waals surface area contributed by atoms with Crippen molar-refractivity contribution in [2.75, 3.05) is 0 Å². The Morgan fingerprint density at radius 1 is 1.21 bits per heavy atom. The largest absolute Gasteiger partial charge is 0.458 e. The molecule has 0 saturated carbocycles. The van der Waals surface area contributed by atoms with Gasteiger partial charge in [0.15, 0.2) is 5.60 Å². The Kier molecular flexibility index (Phi) is 6.22. The second-order valence-corrected chi connectivity index (χ2v) is 10.9. The van der Waals surface area contributed by atoms with Crippen molar-refractivity contribution in [1.29, 1.82) is 0 Å². The Morgan fingerprint density at radius 2 is 1.98 bits per heavy atom. The number of fused-ring (bicyclic) bond motifs is 6. The van der Waals surface area contributed by atoms with Crippen LogP contribution in [0.15, 0.2) is 70.7 Å². The van der Waals surface area contributed by atoms with E-state index in [1.54, 1.807) is 23.8 Å². The number of nitrogens with two attached hydrogens (primary N) is 1. The molecule has 43 heavy (non-hydrogen) atoms. The number of rotatable bonds is 6. The van der Waals surface area contributed by atoms with E-state index >= 15 is 0 Å². The number of ether oxygens (including phenoxy) is 1. The summed E-state index contributed by atoms with van der Waals surface area (Å²) in [6, 6.07) is 16.1. The van der Waals surface area contributed by atoms with Gasteiger partial charge in [-0.25, -0.2) is 15.2 Å². The molecule has 5 aromatic rings. The molecule has 0 fully saturated rings. The van der Waals surface area contributed by atoms with Gasteiger partial charge in [0.2, 0.25) is 0 Å². The van der Waals surface area contributed by atoms with Gasteiger partial charge in [0, 0.05) is 39.2 Å². The summed E-state index contributed by atoms with van der Waals surface area (Å²) >= 11 is 0. The summed E-state index contributed by atoms with van der Waals surface area (Å²) in [5.41, 5.74) is 12.0. The maximum Gasteiger partial charge on any atom is 0.343 e. The number of hydrazone groups is 1. The van der Waals surface area contributed by atoms with Gasteiger partial charge in [-0.3, -0.25) is 9.59 Å². The predicted molar refractivity (Wildman–Crippen MR) is 160 cm³/mol. The Hall–Kier alpha value is -5.13. The smallest absolute Gasteiger partial charge is 0.343 e. The summed E-state index contributed by atoms with van der Waals surface area (Å²) < 4.78 is 6.74. The van der Waals surface area contributed by atoms with Crippen molar-refractivity contribution in [3.63, 3.8) is 0 Å². The Balaban J connectivity index is 1.23. The molecule has 5 N–H and O–H groups in total. The number of benzene rings is 2. The van der Waals surface area contributed by atoms with Crippen LogP contribution in [0.1, 0.15) is 41.2 Å². The molecule has 0 spiro atoms. The third-order valence-corrected chi connectivity index (χ3v) is 8.46. The first kappa shape index (κ1) is 26.7. The number of pyridine rings is 2. The van der Waals surface area contributed by atoms with E-state index in [0.717, 1.165) is 27.4 Å². The van der Waals surface area contributed by atoms with Gasteiger partial charge < -0.3 is 25.1 Å². The fourth-order valence-corrected chi connectivity index (χ4v) is 6.08. The molecule has 1 unspecified atom stereocenters. The minimum atomic E-state index is -1.91. The molecule has 2 atom stereocenters. The Morgan fingerprint density at radius 3 is 2.79 bits per heavy atom. The van der Waals surface area contributed by atoms with Gasteiger partial charge in [-0.1, -0.05) is 43.3 Å². The summed E-state index contributed by atoms with van der Waals surface area (Å²) in [7, 11) is 0. The van der Waals surface area contributed by atoms with Gasteiger partial charge in [-0.15, -0.1) is 0 Å². The number of carbonyl (C=O) groups excluding carboxylic acids is 2. The number of hydrogen-bond acceptors (Lipinski definition) is 8. The lowest BCUT2D eigenvalue weighted by Crippen LogP contribution is -2.44. The highest BCUT2D eigenvalue weighted by Crippen LogP contribution is 2.39. The van der Waals surface area contributed by atoms with Crippen LogP contribution in [-0.4, -0.2) is 43.8 Å². The number of para-hydroxylation sites is 2. The molecule has 2 aliphatic rings. The molecular weight excluding hydrogens is 548 g/mol. The van der Waals surface area contributed by atoms with Gasteiger partial charge in [0.25, 0.3) is 11.5 Å². The molecule has 11 nitrogen and oxygen atoms in total. The van der Waals surface area contributed by atoms with Crippen molar-refractivity contribution in [1.82, 2.24) is 20.0 Å². The molecule has 7 rings (SSSR count). The molecule has 0 radical (unpaired) electrons. The van der Waals surface area contributed by atoms with E-state index in [4.69, 9.17) is 15.5 Å². The minimum absolute atomic E-state index is 0.0553. The van der Waals surface area contributed by atoms with Crippen molar-refractivity contribution < 1.29 is 19.4 Å². The van der Waals surface area contributed by atoms with E-state index in [1.807, 2.05) is 54.7 Å². The molecule has 0 aliphatic carbocycles. The SMILES string of the molecule is CC[C@@]1(O)C(=O)OCc2c1cc1n(c2=O)Cc2c-1nc1ccccc1c2/C=N/NC(=O)C(N)Cc1c[nH]c2ccccc12. The van der Waals surface area contributed by atoms with Gasteiger partial charge in [-0.2, -0.15) is 5.10 Å². The number of nitrogens with one attached hydrogen (secondary N) is 2. The first-order valence-corrected chi connectivity index (χ1v) is 14.0. The lowest BCUT2D eigenvalue weighted by Gasteiger charge is -2.31. The lowest BCUT2D eigenvalue weighted by atomic mass is 9.86. The van der Waals surface area contributed by atoms with E-state index in [1.165, 1.54) is 0 Å². The molecule has 2 aliphatic heterocycles. The molecule has 3 aromatic heterocycles. The number of hydrogen-bond donors (Lipinski definition) is 4. The van der Waals surface area contributed by atoms with Crippen LogP contribution < -0.4 is 16.7 Å². The highest BCUT2D eigenvalue weighted by Gasteiger charge is 2.45. The maximum atomic E-state index is 13.6. The molecule has 0 bridgehead atoms. The number of amides is 1. The fraction of sp³-hybridized carbons (Fsp3) is 0.219. The summed E-state index contributed by atoms with van der Waals surface area (Å²) in [4.78, 5) is 47.0. The van der Waals surface area contributed by atoms with Gasteiger partial charge in [-0.05, 0) is 36.6 Å². The number of esters is 1. The number of aromatic amines is 1. The van der Waals surface area contributed by atoms with Crippen LogP contribution in [0.5, 0.6) is 0 Å². The highest BCUT2D eigenvalue weighted by molar-refractivity contribution is 6.02. The maximum absolute atomic E-state index is 13.6. The minimum Gasteiger partial charge on any atom is -0.458 e. The van der Waals surface area contributed by atoms with Crippen LogP contribution in [0.3, 0.4) is 0 Å². The van der Waals surface area contributed by atoms with Crippen molar-refractivity contribution in [2.45, 2.75) is 44.6 Å². The normalized spacial score (nSPS) is 18.0. The number of cyclic esters (lactones) is 1. The van der Waals surface area contributed by atoms with Crippen molar-refractivity contribution in [3.05, 3.63) is 99.0 Å². The zero-order chi connectivity index (χ0) is 29.9. The predicted octanol–water partition coefficient (Wildman–Crippen LogP) is 2.58. The molecule has 5 heterocycles. The van der Waals surface area contributed by atoms with Crippen LogP contribution in [0.4, 0.5) is 0 Å². The molecule has 1 amide bonds. The topological polar surface area (TPSA) is 165 Å². The molecule has 0 saturated heterocycles. The van der Waals surface area contributed by atoms with Crippen molar-refractivity contribution in [3.8, 4) is 11.4 Å². The lowest BCUT2D eigenvalue weighted by molar-refractivity contribution is -0.172. The summed E-state index contributed by atoms with van der Waals surface area (Å²) in [6.45, 7) is 1.65. The van der Waals surface area contributed by atoms with Crippen molar-refractivity contribution in [2.24, 2.45) is 10.8 Å². The van der Waals surface area contributed by atoms with Crippen LogP contribution in [0.2, 0.25) is 0 Å². The zero-order valence-electron chi connectivity index (χ0n) is 23.3. The Labute approximate surface area is 245 Å². The quantitative estimate of drug-likeness (QED) is 0.134. The molecule has 216 valence electrons. The van der Waals surface area contributed by atoms with Gasteiger partial charge in [0.05, 0.1) is 41.3 Å². The Bertz CT molecular complexity index is 2060. The number of H-pyrrole nitrogens is 1. The van der Waals surface area contributed by atoms with E-state index in [2.05, 4.69) is 15.5 Å². The van der Waals surface area contributed by atoms with Crippen LogP contribution in [0, 0.1) is 0 Å². The zero-order valence-corrected chi connectivity index (χ0v) is 23.3. The van der Waals surface area contributed by atoms with E-state index < -0.39 is 23.5 Å². The summed E-state index contributed by atoms with van der Waals surface area (Å²) in [5.74, 6) is -1.21. The second-order valence-electron chi connectivity index (χ2n) is 10.9. The molecule has 11 heteroatoms. The number of nitrogens with zero attached hydrogens (tertiary/aromatic N) is 3. The van der Waals surface area contributed by atoms with Crippen LogP contribution in [-0.2, 0) is 39.5 Å². The van der Waals surface area contributed by atoms with Crippen LogP contribution in [0.25, 0.3) is 33.2 Å². The first-order chi connectivity index (χ1) is 20.8. The third-order valence-electron chi connectivity index (χ3n) is 8.46. The molecular formula is C32H28N6O5. The average Bonchev–Trinajstić information content (AvgIpc) is 3.60. The standard InChI is InChI=1S/C32H28N6O5/c1-2-32(42)23-12-27-28-21(15-38(27)30(40)22(23)16-43-31(32)41)20(19-8-4-6-10-26(19)36-28)14-35-37-29(39)24(33)11-17-13-34-25-9-5-3-7-18(17)25/h3-10,12-14,24,34,42H,2,11,15-16,33H2,1H3,(H,37,39)/b35-14+/t24?,32-/m0/s1. The van der Waals surface area contributed by atoms with Gasteiger partial charge >= 0.3 is 5.97 Å². The van der Waals surface area contributed by atoms with E-state index in [-0.39, 0.29) is 36.3 Å². The number of aliphatic hydroxyl groups is 1. The fourth-order valence-electron chi connectivity index (χ4n) is 6.08. The highest BCUT2D eigenvalue weighted by atomic mass is 16.6. The van der Waals surface area contributed by atoms with E-state index in [9.17, 15) is 19.5 Å².